The van der Waals surface area contributed by atoms with Crippen molar-refractivity contribution in [3.63, 3.8) is 0 Å². The molecule has 0 fully saturated rings. The van der Waals surface area contributed by atoms with Gasteiger partial charge >= 0.3 is 0 Å². The number of anilines is 1. The number of carbonyl (C=O) groups excluding carboxylic acids is 3. The average Bonchev–Trinajstić information content (AvgIpc) is 2.90. The Morgan fingerprint density at radius 1 is 1.15 bits per heavy atom. The number of rotatable bonds is 6. The molecule has 1 N–H and O–H groups in total. The van der Waals surface area contributed by atoms with E-state index >= 15 is 0 Å². The van der Waals surface area contributed by atoms with Crippen molar-refractivity contribution in [1.29, 1.82) is 0 Å². The zero-order valence-electron chi connectivity index (χ0n) is 15.0. The monoisotopic (exact) mass is 386 g/mol. The molecular weight excluding hydrogens is 367 g/mol. The van der Waals surface area contributed by atoms with E-state index < -0.39 is 29.6 Å². The largest absolute Gasteiger partial charge is 0.324 e. The van der Waals surface area contributed by atoms with Gasteiger partial charge in [-0.05, 0) is 55.2 Å². The number of imide groups is 1. The predicted molar refractivity (Wildman–Crippen MR) is 103 cm³/mol. The van der Waals surface area contributed by atoms with Crippen LogP contribution in [0.4, 0.5) is 10.1 Å². The molecule has 3 rings (SSSR count). The lowest BCUT2D eigenvalue weighted by atomic mass is 10.1. The Kier molecular flexibility index (Phi) is 5.60. The van der Waals surface area contributed by atoms with Gasteiger partial charge in [0.2, 0.25) is 5.91 Å². The summed E-state index contributed by atoms with van der Waals surface area (Å²) in [6, 6.07) is 9.92. The smallest absolute Gasteiger partial charge is 0.262 e. The van der Waals surface area contributed by atoms with Crippen LogP contribution in [-0.4, -0.2) is 40.7 Å². The lowest BCUT2D eigenvalue weighted by Gasteiger charge is -2.25. The highest BCUT2D eigenvalue weighted by Crippen LogP contribution is 2.27. The van der Waals surface area contributed by atoms with Crippen LogP contribution in [0.2, 0.25) is 0 Å². The fraction of sp³-hybridized carbons (Fsp3) is 0.250. The number of thioether (sulfide) groups is 1. The van der Waals surface area contributed by atoms with Gasteiger partial charge in [0, 0.05) is 5.69 Å². The maximum absolute atomic E-state index is 13.8. The highest BCUT2D eigenvalue weighted by molar-refractivity contribution is 7.98. The Hall–Kier alpha value is -2.67. The van der Waals surface area contributed by atoms with Gasteiger partial charge in [-0.25, -0.2) is 4.39 Å². The predicted octanol–water partition coefficient (Wildman–Crippen LogP) is 3.49. The summed E-state index contributed by atoms with van der Waals surface area (Å²) in [6.07, 6.45) is 2.19. The molecule has 0 aliphatic carbocycles. The Labute approximate surface area is 160 Å². The van der Waals surface area contributed by atoms with Crippen molar-refractivity contribution in [3.05, 3.63) is 65.0 Å². The molecule has 7 heteroatoms. The molecule has 0 saturated heterocycles. The van der Waals surface area contributed by atoms with Gasteiger partial charge in [-0.2, -0.15) is 11.8 Å². The Bertz CT molecular complexity index is 881. The summed E-state index contributed by atoms with van der Waals surface area (Å²) in [5, 5.41) is 2.63. The van der Waals surface area contributed by atoms with Crippen molar-refractivity contribution in [2.75, 3.05) is 17.3 Å². The standard InChI is InChI=1S/C20H19FN2O3S/c1-12-7-8-13(11-16(12)21)22-18(24)17(9-10-27-2)23-19(25)14-5-3-4-6-15(14)20(23)26/h3-8,11,17H,9-10H2,1-2H3,(H,22,24). The minimum atomic E-state index is -0.964. The molecule has 27 heavy (non-hydrogen) atoms. The zero-order valence-corrected chi connectivity index (χ0v) is 15.8. The van der Waals surface area contributed by atoms with Gasteiger partial charge in [0.1, 0.15) is 11.9 Å². The molecule has 3 amide bonds. The van der Waals surface area contributed by atoms with Crippen LogP contribution in [0.3, 0.4) is 0 Å². The number of aryl methyl sites for hydroxylation is 1. The molecule has 2 aromatic carbocycles. The molecule has 2 aromatic rings. The fourth-order valence-electron chi connectivity index (χ4n) is 2.99. The van der Waals surface area contributed by atoms with Gasteiger partial charge in [0.05, 0.1) is 11.1 Å². The molecule has 5 nitrogen and oxygen atoms in total. The normalized spacial score (nSPS) is 14.3. The van der Waals surface area contributed by atoms with Gasteiger partial charge in [-0.15, -0.1) is 0 Å². The lowest BCUT2D eigenvalue weighted by molar-refractivity contribution is -0.120. The van der Waals surface area contributed by atoms with E-state index in [1.807, 2.05) is 6.26 Å². The zero-order chi connectivity index (χ0) is 19.6. The minimum absolute atomic E-state index is 0.286. The van der Waals surface area contributed by atoms with Crippen molar-refractivity contribution in [2.45, 2.75) is 19.4 Å². The van der Waals surface area contributed by atoms with Crippen molar-refractivity contribution in [2.24, 2.45) is 0 Å². The van der Waals surface area contributed by atoms with Crippen molar-refractivity contribution in [1.82, 2.24) is 4.90 Å². The summed E-state index contributed by atoms with van der Waals surface area (Å²) >= 11 is 1.51. The third-order valence-corrected chi connectivity index (χ3v) is 5.12. The highest BCUT2D eigenvalue weighted by atomic mass is 32.2. The summed E-state index contributed by atoms with van der Waals surface area (Å²) in [6.45, 7) is 1.63. The number of nitrogens with zero attached hydrogens (tertiary/aromatic N) is 1. The van der Waals surface area contributed by atoms with E-state index in [1.54, 1.807) is 43.3 Å². The number of amides is 3. The summed E-state index contributed by atoms with van der Waals surface area (Å²) in [5.74, 6) is -1.32. The van der Waals surface area contributed by atoms with Crippen LogP contribution >= 0.6 is 11.8 Å². The first kappa shape index (κ1) is 19.1. The molecule has 1 atom stereocenters. The van der Waals surface area contributed by atoms with E-state index in [0.29, 0.717) is 28.9 Å². The van der Waals surface area contributed by atoms with Crippen LogP contribution < -0.4 is 5.32 Å². The van der Waals surface area contributed by atoms with E-state index in [0.717, 1.165) is 4.90 Å². The molecule has 1 heterocycles. The second-order valence-corrected chi connectivity index (χ2v) is 7.26. The summed E-state index contributed by atoms with van der Waals surface area (Å²) in [7, 11) is 0. The molecule has 1 unspecified atom stereocenters. The first-order valence-corrected chi connectivity index (χ1v) is 9.86. The van der Waals surface area contributed by atoms with E-state index in [-0.39, 0.29) is 5.69 Å². The number of halogens is 1. The molecule has 0 radical (unpaired) electrons. The van der Waals surface area contributed by atoms with E-state index in [2.05, 4.69) is 5.32 Å². The second kappa shape index (κ2) is 7.92. The second-order valence-electron chi connectivity index (χ2n) is 6.28. The maximum atomic E-state index is 13.8. The van der Waals surface area contributed by atoms with Crippen molar-refractivity contribution < 1.29 is 18.8 Å². The van der Waals surface area contributed by atoms with Gasteiger partial charge < -0.3 is 5.32 Å². The van der Waals surface area contributed by atoms with Crippen LogP contribution in [0, 0.1) is 12.7 Å². The number of benzene rings is 2. The van der Waals surface area contributed by atoms with Gasteiger partial charge in [0.25, 0.3) is 11.8 Å². The molecule has 0 aromatic heterocycles. The van der Waals surface area contributed by atoms with Gasteiger partial charge in [-0.3, -0.25) is 19.3 Å². The third kappa shape index (κ3) is 3.73. The Morgan fingerprint density at radius 3 is 2.33 bits per heavy atom. The summed E-state index contributed by atoms with van der Waals surface area (Å²) in [4.78, 5) is 39.3. The third-order valence-electron chi connectivity index (χ3n) is 4.47. The fourth-order valence-corrected chi connectivity index (χ4v) is 3.45. The number of hydrogen-bond donors (Lipinski definition) is 1. The number of hydrogen-bond acceptors (Lipinski definition) is 4. The van der Waals surface area contributed by atoms with Crippen LogP contribution in [0.1, 0.15) is 32.7 Å². The van der Waals surface area contributed by atoms with E-state index in [9.17, 15) is 18.8 Å². The number of nitrogens with one attached hydrogen (secondary N) is 1. The average molecular weight is 386 g/mol. The molecule has 0 saturated carbocycles. The lowest BCUT2D eigenvalue weighted by Crippen LogP contribution is -2.47. The van der Waals surface area contributed by atoms with Crippen LogP contribution in [-0.2, 0) is 4.79 Å². The summed E-state index contributed by atoms with van der Waals surface area (Å²) < 4.78 is 13.8. The molecular formula is C20H19FN2O3S. The number of carbonyl (C=O) groups is 3. The number of fused-ring (bicyclic) bond motifs is 1. The summed E-state index contributed by atoms with van der Waals surface area (Å²) in [5.41, 5.74) is 1.35. The molecule has 1 aliphatic rings. The van der Waals surface area contributed by atoms with Crippen molar-refractivity contribution >= 4 is 35.2 Å². The first-order valence-electron chi connectivity index (χ1n) is 8.47. The van der Waals surface area contributed by atoms with E-state index in [1.165, 1.54) is 17.8 Å². The molecule has 140 valence electrons. The molecule has 1 aliphatic heterocycles. The molecule has 0 spiro atoms. The Balaban J connectivity index is 1.87. The van der Waals surface area contributed by atoms with Crippen molar-refractivity contribution in [3.8, 4) is 0 Å². The van der Waals surface area contributed by atoms with E-state index in [4.69, 9.17) is 0 Å². The van der Waals surface area contributed by atoms with Gasteiger partial charge in [0.15, 0.2) is 0 Å². The SMILES string of the molecule is CSCCC(C(=O)Nc1ccc(C)c(F)c1)N1C(=O)c2ccccc2C1=O. The highest BCUT2D eigenvalue weighted by Gasteiger charge is 2.42. The van der Waals surface area contributed by atoms with Crippen LogP contribution in [0.25, 0.3) is 0 Å². The minimum Gasteiger partial charge on any atom is -0.324 e. The quantitative estimate of drug-likeness (QED) is 0.772. The maximum Gasteiger partial charge on any atom is 0.262 e. The first-order chi connectivity index (χ1) is 12.9. The van der Waals surface area contributed by atoms with Crippen LogP contribution in [0.5, 0.6) is 0 Å². The Morgan fingerprint density at radius 2 is 1.78 bits per heavy atom. The topological polar surface area (TPSA) is 66.5 Å². The molecule has 0 bridgehead atoms. The van der Waals surface area contributed by atoms with Gasteiger partial charge in [-0.1, -0.05) is 18.2 Å². The van der Waals surface area contributed by atoms with Crippen LogP contribution in [0.15, 0.2) is 42.5 Å².